The van der Waals surface area contributed by atoms with Crippen molar-refractivity contribution in [2.45, 2.75) is 297 Å². The largest absolute Gasteiger partial charge is 0.462 e. The van der Waals surface area contributed by atoms with Crippen LogP contribution in [0, 0.1) is 0 Å². The number of hydrogen-bond donors (Lipinski definition) is 0. The molecule has 0 aliphatic carbocycles. The summed E-state index contributed by atoms with van der Waals surface area (Å²) in [6.45, 7) is 6.47. The Labute approximate surface area is 487 Å². The van der Waals surface area contributed by atoms with Crippen LogP contribution in [-0.2, 0) is 28.6 Å². The molecule has 0 bridgehead atoms. The first-order valence-corrected chi connectivity index (χ1v) is 32.7. The zero-order chi connectivity index (χ0) is 57.1. The quantitative estimate of drug-likeness (QED) is 0.0261. The van der Waals surface area contributed by atoms with Gasteiger partial charge >= 0.3 is 17.9 Å². The van der Waals surface area contributed by atoms with Gasteiger partial charge < -0.3 is 14.2 Å². The van der Waals surface area contributed by atoms with Gasteiger partial charge in [0, 0.05) is 19.3 Å². The molecule has 448 valence electrons. The summed E-state index contributed by atoms with van der Waals surface area (Å²) in [5.74, 6) is -0.981. The molecule has 0 radical (unpaired) electrons. The van der Waals surface area contributed by atoms with Gasteiger partial charge in [-0.3, -0.25) is 14.4 Å². The van der Waals surface area contributed by atoms with E-state index in [1.165, 1.54) is 116 Å². The number of hydrogen-bond acceptors (Lipinski definition) is 6. The molecule has 0 aromatic heterocycles. The highest BCUT2D eigenvalue weighted by Gasteiger charge is 2.19. The minimum absolute atomic E-state index is 0.106. The van der Waals surface area contributed by atoms with Gasteiger partial charge in [-0.2, -0.15) is 0 Å². The van der Waals surface area contributed by atoms with Crippen LogP contribution in [-0.4, -0.2) is 37.2 Å². The molecular weight excluding hydrogens is 973 g/mol. The van der Waals surface area contributed by atoms with Crippen LogP contribution in [0.3, 0.4) is 0 Å². The highest BCUT2D eigenvalue weighted by molar-refractivity contribution is 5.71. The molecule has 0 saturated heterocycles. The summed E-state index contributed by atoms with van der Waals surface area (Å²) in [5.41, 5.74) is 0. The van der Waals surface area contributed by atoms with Crippen molar-refractivity contribution in [1.29, 1.82) is 0 Å². The van der Waals surface area contributed by atoms with E-state index in [0.717, 1.165) is 128 Å². The first-order valence-electron chi connectivity index (χ1n) is 32.7. The van der Waals surface area contributed by atoms with Crippen molar-refractivity contribution >= 4 is 17.9 Å². The van der Waals surface area contributed by atoms with Crippen LogP contribution < -0.4 is 0 Å². The third-order valence-corrected chi connectivity index (χ3v) is 13.6. The van der Waals surface area contributed by atoms with Gasteiger partial charge in [0.1, 0.15) is 13.2 Å². The SMILES string of the molecule is CC/C=C\C/C=C\C/C=C\C/C=C\C/C=C\C/C=C\C/C=C\C/C=C\C/C=C\CCCC(=O)OCC(COC(=O)CCCCCCC/C=C\CCCCCCCCC)OC(=O)CCCCCCC/C=C\CCCCCCCCC. The molecule has 0 spiro atoms. The van der Waals surface area contributed by atoms with Crippen LogP contribution in [0.25, 0.3) is 0 Å². The number of esters is 3. The summed E-state index contributed by atoms with van der Waals surface area (Å²) in [4.78, 5) is 38.3. The van der Waals surface area contributed by atoms with E-state index in [-0.39, 0.29) is 37.5 Å². The normalized spacial score (nSPS) is 13.0. The summed E-state index contributed by atoms with van der Waals surface area (Å²) in [6.07, 6.45) is 93.2. The number of allylic oxidation sites excluding steroid dienone is 22. The second kappa shape index (κ2) is 66.1. The van der Waals surface area contributed by atoms with Crippen LogP contribution in [0.4, 0.5) is 0 Å². The van der Waals surface area contributed by atoms with Crippen molar-refractivity contribution in [3.8, 4) is 0 Å². The zero-order valence-electron chi connectivity index (χ0n) is 51.3. The Bertz CT molecular complexity index is 1680. The third-order valence-electron chi connectivity index (χ3n) is 13.6. The van der Waals surface area contributed by atoms with Gasteiger partial charge in [0.15, 0.2) is 6.10 Å². The molecule has 0 aliphatic heterocycles. The summed E-state index contributed by atoms with van der Waals surface area (Å²) in [6, 6.07) is 0. The van der Waals surface area contributed by atoms with Gasteiger partial charge in [-0.05, 0) is 135 Å². The first kappa shape index (κ1) is 74.5. The minimum atomic E-state index is -0.815. The summed E-state index contributed by atoms with van der Waals surface area (Å²) in [7, 11) is 0. The minimum Gasteiger partial charge on any atom is -0.462 e. The van der Waals surface area contributed by atoms with Crippen molar-refractivity contribution in [3.63, 3.8) is 0 Å². The zero-order valence-corrected chi connectivity index (χ0v) is 51.3. The molecule has 79 heavy (non-hydrogen) atoms. The Kier molecular flexibility index (Phi) is 62.3. The molecule has 0 saturated carbocycles. The number of carbonyl (C=O) groups is 3. The van der Waals surface area contributed by atoms with E-state index in [1.807, 2.05) is 0 Å². The number of unbranched alkanes of at least 4 members (excludes halogenated alkanes) is 25. The maximum absolute atomic E-state index is 12.9. The lowest BCUT2D eigenvalue weighted by Gasteiger charge is -2.18. The highest BCUT2D eigenvalue weighted by Crippen LogP contribution is 2.14. The highest BCUT2D eigenvalue weighted by atomic mass is 16.6. The number of carbonyl (C=O) groups excluding carboxylic acids is 3. The second-order valence-electron chi connectivity index (χ2n) is 21.3. The Morgan fingerprint density at radius 3 is 0.835 bits per heavy atom. The van der Waals surface area contributed by atoms with Crippen molar-refractivity contribution in [1.82, 2.24) is 0 Å². The fourth-order valence-corrected chi connectivity index (χ4v) is 8.73. The van der Waals surface area contributed by atoms with Gasteiger partial charge in [0.2, 0.25) is 0 Å². The van der Waals surface area contributed by atoms with E-state index >= 15 is 0 Å². The lowest BCUT2D eigenvalue weighted by molar-refractivity contribution is -0.167. The fourth-order valence-electron chi connectivity index (χ4n) is 8.73. The topological polar surface area (TPSA) is 78.9 Å². The van der Waals surface area contributed by atoms with Crippen LogP contribution in [0.15, 0.2) is 134 Å². The van der Waals surface area contributed by atoms with Crippen LogP contribution >= 0.6 is 0 Å². The van der Waals surface area contributed by atoms with Crippen LogP contribution in [0.1, 0.15) is 290 Å². The lowest BCUT2D eigenvalue weighted by atomic mass is 10.1. The average molecular weight is 1090 g/mol. The van der Waals surface area contributed by atoms with Crippen molar-refractivity contribution in [3.05, 3.63) is 134 Å². The molecule has 0 aromatic carbocycles. The average Bonchev–Trinajstić information content (AvgIpc) is 3.45. The molecule has 0 amide bonds. The molecule has 0 fully saturated rings. The summed E-state index contributed by atoms with van der Waals surface area (Å²) >= 11 is 0. The van der Waals surface area contributed by atoms with E-state index in [9.17, 15) is 14.4 Å². The predicted molar refractivity (Wildman–Crippen MR) is 343 cm³/mol. The second-order valence-corrected chi connectivity index (χ2v) is 21.3. The van der Waals surface area contributed by atoms with Gasteiger partial charge in [0.05, 0.1) is 0 Å². The molecule has 0 aromatic rings. The first-order chi connectivity index (χ1) is 39.0. The van der Waals surface area contributed by atoms with E-state index in [1.54, 1.807) is 0 Å². The Balaban J connectivity index is 4.47. The Hall–Kier alpha value is -4.45. The van der Waals surface area contributed by atoms with Crippen LogP contribution in [0.5, 0.6) is 0 Å². The van der Waals surface area contributed by atoms with Gasteiger partial charge in [-0.1, -0.05) is 270 Å². The lowest BCUT2D eigenvalue weighted by Crippen LogP contribution is -2.30. The monoisotopic (exact) mass is 1090 g/mol. The predicted octanol–water partition coefficient (Wildman–Crippen LogP) is 22.5. The van der Waals surface area contributed by atoms with Crippen molar-refractivity contribution in [2.75, 3.05) is 13.2 Å². The van der Waals surface area contributed by atoms with Gasteiger partial charge in [-0.15, -0.1) is 0 Å². The van der Waals surface area contributed by atoms with Gasteiger partial charge in [-0.25, -0.2) is 0 Å². The van der Waals surface area contributed by atoms with E-state index in [2.05, 4.69) is 154 Å². The maximum atomic E-state index is 12.9. The van der Waals surface area contributed by atoms with E-state index in [4.69, 9.17) is 14.2 Å². The molecule has 0 heterocycles. The number of rotatable bonds is 58. The van der Waals surface area contributed by atoms with E-state index < -0.39 is 6.10 Å². The Morgan fingerprint density at radius 2 is 0.506 bits per heavy atom. The molecular formula is C73H120O6. The molecule has 0 N–H and O–H groups in total. The molecule has 0 aliphatic rings. The third kappa shape index (κ3) is 64.3. The molecule has 0 rings (SSSR count). The van der Waals surface area contributed by atoms with Crippen molar-refractivity contribution < 1.29 is 28.6 Å². The van der Waals surface area contributed by atoms with Crippen LogP contribution in [0.2, 0.25) is 0 Å². The smallest absolute Gasteiger partial charge is 0.306 e. The standard InChI is InChI=1S/C73H120O6/c1-4-7-10-13-16-19-22-25-28-31-32-33-34-35-36-37-38-39-40-41-42-43-46-48-51-54-57-60-63-66-72(75)78-69-70(79-73(76)67-64-61-58-55-52-49-45-30-27-24-21-18-15-12-9-6-3)68-77-71(74)65-62-59-56-53-50-47-44-29-26-23-20-17-14-11-8-5-2/h7,10,16,19,25,28-30,32-33,35-36,38-39,41-42,44-46,48,54,57,70H,4-6,8-9,11-15,17-18,20-24,26-27,31,34,37,40,43,47,49-53,55-56,58-69H2,1-3H3/b10-7-,19-16-,28-25-,33-32-,36-35-,39-38-,42-41-,44-29-,45-30-,48-46-,57-54-. The molecule has 6 heteroatoms. The van der Waals surface area contributed by atoms with Gasteiger partial charge in [0.25, 0.3) is 0 Å². The molecule has 6 nitrogen and oxygen atoms in total. The summed E-state index contributed by atoms with van der Waals surface area (Å²) < 4.78 is 16.9. The molecule has 1 unspecified atom stereocenters. The fraction of sp³-hybridized carbons (Fsp3) is 0.658. The van der Waals surface area contributed by atoms with Crippen molar-refractivity contribution in [2.24, 2.45) is 0 Å². The molecule has 1 atom stereocenters. The number of ether oxygens (including phenoxy) is 3. The Morgan fingerprint density at radius 1 is 0.266 bits per heavy atom. The summed E-state index contributed by atoms with van der Waals surface area (Å²) in [5, 5.41) is 0. The maximum Gasteiger partial charge on any atom is 0.306 e. The van der Waals surface area contributed by atoms with E-state index in [0.29, 0.717) is 19.3 Å².